The number of benzene rings is 1. The molecule has 1 N–H and O–H groups in total. The number of anilines is 1. The normalized spacial score (nSPS) is 33.1. The van der Waals surface area contributed by atoms with Gasteiger partial charge in [0.25, 0.3) is 0 Å². The molecule has 7 heteroatoms. The smallest absolute Gasteiger partial charge is 0.175 e. The fourth-order valence-electron chi connectivity index (χ4n) is 9.77. The Morgan fingerprint density at radius 1 is 1.13 bits per heavy atom. The van der Waals surface area contributed by atoms with Gasteiger partial charge in [0.1, 0.15) is 17.3 Å². The molecule has 6 rings (SSSR count). The SMILES string of the molecule is C=C1C=C(CCCC(=O)CO/N=C2/CC[C@H]3[C@@H]4CC[C@H]5CC(=O)CC[C@]5(C)[C@H]4CC[C@]23C)c2ccc(NCCN(C)C)cc2O1. The first-order chi connectivity index (χ1) is 21.6. The summed E-state index contributed by atoms with van der Waals surface area (Å²) >= 11 is 0. The molecule has 6 atom stereocenters. The zero-order valence-corrected chi connectivity index (χ0v) is 28.0. The second kappa shape index (κ2) is 13.1. The van der Waals surface area contributed by atoms with Crippen LogP contribution in [0, 0.1) is 34.5 Å². The summed E-state index contributed by atoms with van der Waals surface area (Å²) in [6.45, 7) is 10.8. The summed E-state index contributed by atoms with van der Waals surface area (Å²) in [5, 5.41) is 8.09. The predicted molar refractivity (Wildman–Crippen MR) is 180 cm³/mol. The maximum Gasteiger partial charge on any atom is 0.175 e. The first-order valence-electron chi connectivity index (χ1n) is 17.4. The highest BCUT2D eigenvalue weighted by Crippen LogP contribution is 2.65. The van der Waals surface area contributed by atoms with Gasteiger partial charge in [0.2, 0.25) is 0 Å². The summed E-state index contributed by atoms with van der Waals surface area (Å²) in [6.07, 6.45) is 13.6. The summed E-state index contributed by atoms with van der Waals surface area (Å²) in [5.74, 6) is 4.68. The van der Waals surface area contributed by atoms with Crippen LogP contribution in [0.3, 0.4) is 0 Å². The fraction of sp³-hybridized carbons (Fsp3) is 0.658. The summed E-state index contributed by atoms with van der Waals surface area (Å²) in [4.78, 5) is 32.9. The number of oxime groups is 1. The Balaban J connectivity index is 0.987. The maximum absolute atomic E-state index is 12.8. The van der Waals surface area contributed by atoms with Crippen LogP contribution >= 0.6 is 0 Å². The number of allylic oxidation sites excluding steroid dienone is 2. The van der Waals surface area contributed by atoms with E-state index in [-0.39, 0.29) is 17.8 Å². The molecule has 0 amide bonds. The number of Topliss-reactive ketones (excluding diaryl/α,β-unsaturated/α-hetero) is 2. The third-order valence-electron chi connectivity index (χ3n) is 12.3. The van der Waals surface area contributed by atoms with E-state index >= 15 is 0 Å². The topological polar surface area (TPSA) is 80.2 Å². The number of rotatable bonds is 11. The van der Waals surface area contributed by atoms with Crippen LogP contribution in [0.25, 0.3) is 5.57 Å². The monoisotopic (exact) mass is 615 g/mol. The van der Waals surface area contributed by atoms with E-state index in [0.717, 1.165) is 92.4 Å². The molecule has 0 saturated heterocycles. The highest BCUT2D eigenvalue weighted by atomic mass is 16.6. The maximum atomic E-state index is 12.8. The number of hydrogen-bond acceptors (Lipinski definition) is 7. The van der Waals surface area contributed by atoms with Crippen molar-refractivity contribution in [1.82, 2.24) is 4.90 Å². The van der Waals surface area contributed by atoms with Crippen LogP contribution in [0.1, 0.15) is 96.5 Å². The molecule has 0 bridgehead atoms. The Hall–Kier alpha value is -2.93. The Kier molecular flexibility index (Phi) is 9.29. The second-order valence-electron chi connectivity index (χ2n) is 15.3. The molecule has 1 aromatic carbocycles. The molecule has 1 aliphatic heterocycles. The molecule has 1 aromatic rings. The lowest BCUT2D eigenvalue weighted by Crippen LogP contribution is -2.53. The lowest BCUT2D eigenvalue weighted by molar-refractivity contribution is -0.136. The number of likely N-dealkylation sites (N-methyl/N-ethyl adjacent to an activating group) is 1. The minimum Gasteiger partial charge on any atom is -0.457 e. The number of nitrogens with one attached hydrogen (secondary N) is 1. The van der Waals surface area contributed by atoms with Gasteiger partial charge in [0.15, 0.2) is 12.4 Å². The number of fused-ring (bicyclic) bond motifs is 6. The zero-order chi connectivity index (χ0) is 31.8. The van der Waals surface area contributed by atoms with Crippen LogP contribution in [0.5, 0.6) is 5.75 Å². The molecule has 4 saturated carbocycles. The van der Waals surface area contributed by atoms with Gasteiger partial charge in [-0.1, -0.05) is 25.6 Å². The summed E-state index contributed by atoms with van der Waals surface area (Å²) in [6, 6.07) is 6.21. The van der Waals surface area contributed by atoms with E-state index in [4.69, 9.17) is 9.57 Å². The van der Waals surface area contributed by atoms with Crippen LogP contribution < -0.4 is 10.1 Å². The van der Waals surface area contributed by atoms with Crippen LogP contribution in [0.4, 0.5) is 5.69 Å². The predicted octanol–water partition coefficient (Wildman–Crippen LogP) is 7.67. The largest absolute Gasteiger partial charge is 0.457 e. The lowest BCUT2D eigenvalue weighted by atomic mass is 9.45. The molecule has 0 aromatic heterocycles. The van der Waals surface area contributed by atoms with Gasteiger partial charge in [-0.25, -0.2) is 0 Å². The van der Waals surface area contributed by atoms with Crippen LogP contribution in [0.2, 0.25) is 0 Å². The van der Waals surface area contributed by atoms with Gasteiger partial charge in [-0.2, -0.15) is 0 Å². The van der Waals surface area contributed by atoms with Crippen molar-refractivity contribution in [2.45, 2.75) is 90.9 Å². The Bertz CT molecular complexity index is 1380. The molecule has 4 aliphatic carbocycles. The Labute approximate surface area is 269 Å². The fourth-order valence-corrected chi connectivity index (χ4v) is 9.77. The van der Waals surface area contributed by atoms with Crippen molar-refractivity contribution in [3.63, 3.8) is 0 Å². The van der Waals surface area contributed by atoms with Crippen LogP contribution in [0.15, 0.2) is 41.8 Å². The average molecular weight is 616 g/mol. The van der Waals surface area contributed by atoms with Gasteiger partial charge in [0, 0.05) is 55.1 Å². The van der Waals surface area contributed by atoms with Gasteiger partial charge < -0.3 is 19.8 Å². The van der Waals surface area contributed by atoms with Crippen LogP contribution in [-0.4, -0.2) is 56.0 Å². The molecule has 5 aliphatic rings. The van der Waals surface area contributed by atoms with Crippen molar-refractivity contribution < 1.29 is 19.2 Å². The molecule has 244 valence electrons. The highest BCUT2D eigenvalue weighted by molar-refractivity contribution is 5.92. The highest BCUT2D eigenvalue weighted by Gasteiger charge is 2.59. The third kappa shape index (κ3) is 6.52. The van der Waals surface area contributed by atoms with Crippen molar-refractivity contribution in [2.24, 2.45) is 39.7 Å². The molecular formula is C38H53N3O4. The first kappa shape index (κ1) is 32.0. The number of ketones is 2. The molecular weight excluding hydrogens is 562 g/mol. The van der Waals surface area contributed by atoms with E-state index in [1.165, 1.54) is 31.4 Å². The zero-order valence-electron chi connectivity index (χ0n) is 28.0. The number of carbonyl (C=O) groups excluding carboxylic acids is 2. The van der Waals surface area contributed by atoms with E-state index in [1.807, 2.05) is 12.1 Å². The van der Waals surface area contributed by atoms with Gasteiger partial charge in [-0.3, -0.25) is 9.59 Å². The molecule has 4 fully saturated rings. The van der Waals surface area contributed by atoms with E-state index in [9.17, 15) is 9.59 Å². The van der Waals surface area contributed by atoms with E-state index in [1.54, 1.807) is 0 Å². The van der Waals surface area contributed by atoms with E-state index in [0.29, 0.717) is 35.2 Å². The van der Waals surface area contributed by atoms with E-state index in [2.05, 4.69) is 62.0 Å². The quantitative estimate of drug-likeness (QED) is 0.257. The van der Waals surface area contributed by atoms with Crippen molar-refractivity contribution >= 4 is 28.5 Å². The molecule has 0 spiro atoms. The average Bonchev–Trinajstić information content (AvgIpc) is 3.33. The molecule has 1 heterocycles. The molecule has 7 nitrogen and oxygen atoms in total. The minimum absolute atomic E-state index is 0.0392. The summed E-state index contributed by atoms with van der Waals surface area (Å²) < 4.78 is 5.93. The van der Waals surface area contributed by atoms with Gasteiger partial charge in [0.05, 0.1) is 5.71 Å². The summed E-state index contributed by atoms with van der Waals surface area (Å²) in [7, 11) is 4.12. The number of hydrogen-bond donors (Lipinski definition) is 1. The van der Waals surface area contributed by atoms with Gasteiger partial charge in [-0.05, 0) is 125 Å². The lowest BCUT2D eigenvalue weighted by Gasteiger charge is -2.59. The van der Waals surface area contributed by atoms with Crippen LogP contribution in [-0.2, 0) is 14.4 Å². The van der Waals surface area contributed by atoms with Gasteiger partial charge in [-0.15, -0.1) is 0 Å². The third-order valence-corrected chi connectivity index (χ3v) is 12.3. The molecule has 0 radical (unpaired) electrons. The number of carbonyl (C=O) groups is 2. The second-order valence-corrected chi connectivity index (χ2v) is 15.3. The van der Waals surface area contributed by atoms with Crippen molar-refractivity contribution in [3.8, 4) is 5.75 Å². The minimum atomic E-state index is 0.0392. The Morgan fingerprint density at radius 3 is 2.80 bits per heavy atom. The summed E-state index contributed by atoms with van der Waals surface area (Å²) in [5.41, 5.74) is 4.81. The molecule has 0 unspecified atom stereocenters. The van der Waals surface area contributed by atoms with Crippen molar-refractivity contribution in [3.05, 3.63) is 42.2 Å². The first-order valence-corrected chi connectivity index (χ1v) is 17.4. The van der Waals surface area contributed by atoms with E-state index < -0.39 is 0 Å². The number of nitrogens with zero attached hydrogens (tertiary/aromatic N) is 2. The van der Waals surface area contributed by atoms with Gasteiger partial charge >= 0.3 is 0 Å². The Morgan fingerprint density at radius 2 is 1.98 bits per heavy atom. The van der Waals surface area contributed by atoms with Crippen molar-refractivity contribution in [2.75, 3.05) is 39.1 Å². The number of ether oxygens (including phenoxy) is 1. The molecule has 45 heavy (non-hydrogen) atoms. The van der Waals surface area contributed by atoms with Crippen molar-refractivity contribution in [1.29, 1.82) is 0 Å². The standard InChI is InChI=1S/C38H53N3O4/c1-25-21-26(31-12-10-28(23-35(31)45-25)39-19-20-41(4)5)7-6-8-30(43)24-44-40-36-14-13-33-32-11-9-27-22-29(42)15-17-37(27,2)34(32)16-18-38(33,36)3/h10,12,21,23,27,32-34,39H,1,6-9,11,13-20,22,24H2,2-5H3/b40-36-/t27-,32-,33-,34-,37-,38-/m0/s1.